The smallest absolute Gasteiger partial charge is 0.239 e. The van der Waals surface area contributed by atoms with Crippen molar-refractivity contribution in [1.29, 1.82) is 0 Å². The van der Waals surface area contributed by atoms with Gasteiger partial charge in [-0.15, -0.1) is 0 Å². The number of amides is 1. The molecule has 0 bridgehead atoms. The fourth-order valence-corrected chi connectivity index (χ4v) is 1.78. The zero-order valence-electron chi connectivity index (χ0n) is 12.3. The van der Waals surface area contributed by atoms with E-state index in [4.69, 9.17) is 10.5 Å². The lowest BCUT2D eigenvalue weighted by Crippen LogP contribution is -2.45. The second kappa shape index (κ2) is 10.3. The molecule has 0 aromatic heterocycles. The Labute approximate surface area is 111 Å². The van der Waals surface area contributed by atoms with Crippen LogP contribution in [0.25, 0.3) is 0 Å². The van der Waals surface area contributed by atoms with Crippen molar-refractivity contribution in [2.75, 3.05) is 47.4 Å². The van der Waals surface area contributed by atoms with Gasteiger partial charge in [-0.2, -0.15) is 0 Å². The molecule has 0 rings (SSSR count). The molecule has 0 unspecified atom stereocenters. The summed E-state index contributed by atoms with van der Waals surface area (Å²) >= 11 is 0. The highest BCUT2D eigenvalue weighted by molar-refractivity contribution is 5.81. The maximum Gasteiger partial charge on any atom is 0.239 e. The Morgan fingerprint density at radius 3 is 2.44 bits per heavy atom. The van der Waals surface area contributed by atoms with Crippen molar-refractivity contribution in [3.63, 3.8) is 0 Å². The molecule has 0 saturated carbocycles. The minimum Gasteiger partial charge on any atom is -0.383 e. The molecular formula is C13H29N3O2. The van der Waals surface area contributed by atoms with Gasteiger partial charge in [0.1, 0.15) is 0 Å². The van der Waals surface area contributed by atoms with Crippen LogP contribution >= 0.6 is 0 Å². The maximum atomic E-state index is 12.1. The van der Waals surface area contributed by atoms with E-state index in [9.17, 15) is 4.79 Å². The summed E-state index contributed by atoms with van der Waals surface area (Å²) in [6, 6.07) is -0.369. The van der Waals surface area contributed by atoms with E-state index in [1.54, 1.807) is 7.11 Å². The fraction of sp³-hybridized carbons (Fsp3) is 0.923. The molecule has 0 aliphatic rings. The molecule has 1 amide bonds. The highest BCUT2D eigenvalue weighted by Crippen LogP contribution is 2.02. The lowest BCUT2D eigenvalue weighted by molar-refractivity contribution is -0.133. The number of rotatable bonds is 10. The first-order valence-electron chi connectivity index (χ1n) is 6.71. The third-order valence-corrected chi connectivity index (χ3v) is 2.83. The zero-order valence-corrected chi connectivity index (χ0v) is 12.3. The van der Waals surface area contributed by atoms with Crippen molar-refractivity contribution in [3.05, 3.63) is 0 Å². The summed E-state index contributed by atoms with van der Waals surface area (Å²) in [6.45, 7) is 4.95. The van der Waals surface area contributed by atoms with Gasteiger partial charge >= 0.3 is 0 Å². The predicted octanol–water partition coefficient (Wildman–Crippen LogP) is 0.541. The largest absolute Gasteiger partial charge is 0.383 e. The molecule has 0 heterocycles. The van der Waals surface area contributed by atoms with E-state index in [1.165, 1.54) is 0 Å². The van der Waals surface area contributed by atoms with Crippen LogP contribution in [0.15, 0.2) is 0 Å². The van der Waals surface area contributed by atoms with Crippen LogP contribution in [0.4, 0.5) is 0 Å². The molecule has 0 radical (unpaired) electrons. The third-order valence-electron chi connectivity index (χ3n) is 2.83. The molecule has 5 heteroatoms. The lowest BCUT2D eigenvalue weighted by Gasteiger charge is -2.26. The molecule has 0 aliphatic carbocycles. The summed E-state index contributed by atoms with van der Waals surface area (Å²) in [6.07, 6.45) is 2.64. The van der Waals surface area contributed by atoms with Crippen LogP contribution in [0, 0.1) is 0 Å². The number of nitrogens with zero attached hydrogens (tertiary/aromatic N) is 2. The summed E-state index contributed by atoms with van der Waals surface area (Å²) in [4.78, 5) is 16.1. The molecule has 0 aromatic rings. The van der Waals surface area contributed by atoms with Crippen LogP contribution in [-0.2, 0) is 9.53 Å². The molecule has 0 saturated heterocycles. The Hall–Kier alpha value is -0.650. The normalized spacial score (nSPS) is 12.8. The molecule has 2 N–H and O–H groups in total. The first-order chi connectivity index (χ1) is 8.52. The summed E-state index contributed by atoms with van der Waals surface area (Å²) in [5.74, 6) is 0.0488. The second-order valence-corrected chi connectivity index (χ2v) is 4.87. The van der Waals surface area contributed by atoms with E-state index in [-0.39, 0.29) is 11.9 Å². The Balaban J connectivity index is 4.23. The maximum absolute atomic E-state index is 12.1. The monoisotopic (exact) mass is 259 g/mol. The first kappa shape index (κ1) is 17.4. The second-order valence-electron chi connectivity index (χ2n) is 4.87. The summed E-state index contributed by atoms with van der Waals surface area (Å²) in [5, 5.41) is 0. The van der Waals surface area contributed by atoms with Crippen LogP contribution in [-0.4, -0.2) is 69.2 Å². The number of methoxy groups -OCH3 is 1. The van der Waals surface area contributed by atoms with E-state index in [2.05, 4.69) is 4.90 Å². The van der Waals surface area contributed by atoms with Crippen LogP contribution in [0.1, 0.15) is 26.2 Å². The van der Waals surface area contributed by atoms with Gasteiger partial charge in [-0.05, 0) is 33.5 Å². The van der Waals surface area contributed by atoms with Gasteiger partial charge in [0, 0.05) is 20.2 Å². The third kappa shape index (κ3) is 7.63. The SMILES string of the molecule is CCC[C@H](N)C(=O)N(CCCN(C)C)CCOC. The first-order valence-corrected chi connectivity index (χ1v) is 6.71. The molecule has 5 nitrogen and oxygen atoms in total. The number of ether oxygens (including phenoxy) is 1. The summed E-state index contributed by atoms with van der Waals surface area (Å²) in [7, 11) is 5.71. The Kier molecular flexibility index (Phi) is 9.92. The number of carbonyl (C=O) groups excluding carboxylic acids is 1. The van der Waals surface area contributed by atoms with E-state index < -0.39 is 0 Å². The van der Waals surface area contributed by atoms with Gasteiger partial charge < -0.3 is 20.3 Å². The van der Waals surface area contributed by atoms with Crippen LogP contribution in [0.2, 0.25) is 0 Å². The van der Waals surface area contributed by atoms with Gasteiger partial charge in [0.15, 0.2) is 0 Å². The van der Waals surface area contributed by atoms with Crippen molar-refractivity contribution in [2.24, 2.45) is 5.73 Å². The lowest BCUT2D eigenvalue weighted by atomic mass is 10.1. The van der Waals surface area contributed by atoms with Crippen molar-refractivity contribution >= 4 is 5.91 Å². The van der Waals surface area contributed by atoms with E-state index in [0.29, 0.717) is 13.2 Å². The average Bonchev–Trinajstić information content (AvgIpc) is 2.32. The highest BCUT2D eigenvalue weighted by atomic mass is 16.5. The van der Waals surface area contributed by atoms with Gasteiger partial charge in [-0.1, -0.05) is 13.3 Å². The Morgan fingerprint density at radius 1 is 1.28 bits per heavy atom. The van der Waals surface area contributed by atoms with Gasteiger partial charge in [0.05, 0.1) is 12.6 Å². The quantitative estimate of drug-likeness (QED) is 0.622. The molecule has 0 fully saturated rings. The number of nitrogens with two attached hydrogens (primary N) is 1. The predicted molar refractivity (Wildman–Crippen MR) is 74.5 cm³/mol. The highest BCUT2D eigenvalue weighted by Gasteiger charge is 2.19. The van der Waals surface area contributed by atoms with Crippen molar-refractivity contribution in [3.8, 4) is 0 Å². The molecule has 1 atom stereocenters. The average molecular weight is 259 g/mol. The Bertz CT molecular complexity index is 222. The van der Waals surface area contributed by atoms with Crippen molar-refractivity contribution in [2.45, 2.75) is 32.2 Å². The molecule has 18 heavy (non-hydrogen) atoms. The zero-order chi connectivity index (χ0) is 14.0. The van der Waals surface area contributed by atoms with Crippen LogP contribution < -0.4 is 5.73 Å². The number of hydrogen-bond donors (Lipinski definition) is 1. The summed E-state index contributed by atoms with van der Waals surface area (Å²) < 4.78 is 5.04. The molecule has 108 valence electrons. The summed E-state index contributed by atoms with van der Waals surface area (Å²) in [5.41, 5.74) is 5.89. The van der Waals surface area contributed by atoms with Gasteiger partial charge in [-0.25, -0.2) is 0 Å². The van der Waals surface area contributed by atoms with Crippen LogP contribution in [0.5, 0.6) is 0 Å². The van der Waals surface area contributed by atoms with E-state index in [1.807, 2.05) is 25.9 Å². The van der Waals surface area contributed by atoms with E-state index in [0.717, 1.165) is 32.4 Å². The number of hydrogen-bond acceptors (Lipinski definition) is 4. The Morgan fingerprint density at radius 2 is 1.94 bits per heavy atom. The standard InChI is InChI=1S/C13H29N3O2/c1-5-7-12(14)13(17)16(10-11-18-4)9-6-8-15(2)3/h12H,5-11,14H2,1-4H3/t12-/m0/s1. The fourth-order valence-electron chi connectivity index (χ4n) is 1.78. The molecule has 0 spiro atoms. The minimum atomic E-state index is -0.369. The molecule has 0 aromatic carbocycles. The molecule has 0 aliphatic heterocycles. The number of carbonyl (C=O) groups is 1. The van der Waals surface area contributed by atoms with Gasteiger partial charge in [-0.3, -0.25) is 4.79 Å². The van der Waals surface area contributed by atoms with Crippen molar-refractivity contribution < 1.29 is 9.53 Å². The van der Waals surface area contributed by atoms with Gasteiger partial charge in [0.2, 0.25) is 5.91 Å². The van der Waals surface area contributed by atoms with Crippen LogP contribution in [0.3, 0.4) is 0 Å². The minimum absolute atomic E-state index is 0.0488. The van der Waals surface area contributed by atoms with E-state index >= 15 is 0 Å². The van der Waals surface area contributed by atoms with Gasteiger partial charge in [0.25, 0.3) is 0 Å². The molecular weight excluding hydrogens is 230 g/mol. The van der Waals surface area contributed by atoms with Crippen molar-refractivity contribution in [1.82, 2.24) is 9.80 Å². The topological polar surface area (TPSA) is 58.8 Å².